The molecule has 3 aromatic carbocycles. The van der Waals surface area contributed by atoms with Crippen molar-refractivity contribution in [2.24, 2.45) is 11.0 Å². The molecule has 2 aliphatic rings. The smallest absolute Gasteiger partial charge is 0.335 e. The molecule has 3 aromatic rings. The van der Waals surface area contributed by atoms with Crippen LogP contribution < -0.4 is 9.91 Å². The molecule has 2 heterocycles. The normalized spacial score (nSPS) is 19.3. The Kier molecular flexibility index (Phi) is 5.22. The lowest BCUT2D eigenvalue weighted by molar-refractivity contribution is -0.121. The highest BCUT2D eigenvalue weighted by Crippen LogP contribution is 2.38. The number of amides is 2. The van der Waals surface area contributed by atoms with E-state index in [0.717, 1.165) is 4.90 Å². The maximum Gasteiger partial charge on any atom is 0.335 e. The van der Waals surface area contributed by atoms with Gasteiger partial charge in [0.05, 0.1) is 16.9 Å². The average molecular weight is 474 g/mol. The molecule has 1 N–H and O–H groups in total. The summed E-state index contributed by atoms with van der Waals surface area (Å²) in [5.74, 6) is -3.87. The first-order chi connectivity index (χ1) is 16.4. The van der Waals surface area contributed by atoms with Crippen molar-refractivity contribution in [2.75, 3.05) is 9.91 Å². The summed E-state index contributed by atoms with van der Waals surface area (Å²) in [5.41, 5.74) is 1.05. The van der Waals surface area contributed by atoms with Crippen molar-refractivity contribution in [2.45, 2.75) is 6.04 Å². The minimum absolute atomic E-state index is 0.0223. The van der Waals surface area contributed by atoms with Crippen LogP contribution in [-0.4, -0.2) is 40.4 Å². The lowest BCUT2D eigenvalue weighted by Crippen LogP contribution is -2.39. The lowest BCUT2D eigenvalue weighted by atomic mass is 9.92. The summed E-state index contributed by atoms with van der Waals surface area (Å²) in [6, 6.07) is 19.4. The van der Waals surface area contributed by atoms with Gasteiger partial charge < -0.3 is 5.11 Å². The van der Waals surface area contributed by atoms with Gasteiger partial charge in [-0.15, -0.1) is 0 Å². The van der Waals surface area contributed by atoms with E-state index < -0.39 is 35.5 Å². The van der Waals surface area contributed by atoms with Gasteiger partial charge in [-0.1, -0.05) is 29.8 Å². The van der Waals surface area contributed by atoms with E-state index in [1.807, 2.05) is 0 Å². The number of anilines is 2. The molecule has 0 saturated carbocycles. The Morgan fingerprint density at radius 1 is 0.794 bits per heavy atom. The summed E-state index contributed by atoms with van der Waals surface area (Å²) in [6.45, 7) is 0. The van der Waals surface area contributed by atoms with Crippen LogP contribution in [0, 0.1) is 5.92 Å². The highest BCUT2D eigenvalue weighted by Gasteiger charge is 2.58. The van der Waals surface area contributed by atoms with Crippen LogP contribution >= 0.6 is 11.6 Å². The molecule has 1 saturated heterocycles. The third-order valence-corrected chi connectivity index (χ3v) is 6.03. The van der Waals surface area contributed by atoms with Gasteiger partial charge in [-0.3, -0.25) is 19.4 Å². The molecule has 8 nitrogen and oxygen atoms in total. The second-order valence-electron chi connectivity index (χ2n) is 7.79. The molecule has 1 fully saturated rings. The first kappa shape index (κ1) is 21.5. The largest absolute Gasteiger partial charge is 0.478 e. The fraction of sp³-hybridized carbons (Fsp3) is 0.0800. The number of carboxylic acids is 1. The van der Waals surface area contributed by atoms with Crippen LogP contribution in [-0.2, 0) is 9.59 Å². The minimum Gasteiger partial charge on any atom is -0.478 e. The zero-order valence-electron chi connectivity index (χ0n) is 17.5. The van der Waals surface area contributed by atoms with Crippen LogP contribution in [0.25, 0.3) is 0 Å². The van der Waals surface area contributed by atoms with E-state index in [1.165, 1.54) is 41.4 Å². The number of hydrogen-bond acceptors (Lipinski definition) is 6. The molecule has 0 aliphatic carbocycles. The van der Waals surface area contributed by atoms with Crippen LogP contribution in [0.3, 0.4) is 0 Å². The summed E-state index contributed by atoms with van der Waals surface area (Å²) in [4.78, 5) is 52.5. The number of imide groups is 1. The topological polar surface area (TPSA) is 107 Å². The third-order valence-electron chi connectivity index (χ3n) is 5.78. The average Bonchev–Trinajstić information content (AvgIpc) is 3.36. The van der Waals surface area contributed by atoms with Gasteiger partial charge >= 0.3 is 5.97 Å². The highest BCUT2D eigenvalue weighted by atomic mass is 35.5. The molecule has 0 unspecified atom stereocenters. The van der Waals surface area contributed by atoms with Gasteiger partial charge in [0, 0.05) is 10.6 Å². The maximum atomic E-state index is 13.5. The van der Waals surface area contributed by atoms with E-state index >= 15 is 0 Å². The fourth-order valence-corrected chi connectivity index (χ4v) is 4.28. The number of carbonyl (C=O) groups excluding carboxylic acids is 3. The number of Topliss-reactive ketones (excluding diaryl/α,β-unsaturated/α-hetero) is 1. The van der Waals surface area contributed by atoms with Gasteiger partial charge in [-0.05, 0) is 60.7 Å². The van der Waals surface area contributed by atoms with Gasteiger partial charge in [0.1, 0.15) is 17.7 Å². The summed E-state index contributed by atoms with van der Waals surface area (Å²) in [6.07, 6.45) is 0. The number of benzene rings is 3. The molecular weight excluding hydrogens is 458 g/mol. The monoisotopic (exact) mass is 473 g/mol. The number of rotatable bonds is 5. The zero-order valence-corrected chi connectivity index (χ0v) is 18.2. The molecule has 0 spiro atoms. The Labute approximate surface area is 198 Å². The molecular formula is C25H16ClN3O5. The Bertz CT molecular complexity index is 1350. The number of fused-ring (bicyclic) bond motifs is 1. The number of hydrazone groups is 1. The summed E-state index contributed by atoms with van der Waals surface area (Å²) < 4.78 is 0. The Morgan fingerprint density at radius 3 is 2.03 bits per heavy atom. The molecule has 9 heteroatoms. The molecule has 0 bridgehead atoms. The second-order valence-corrected chi connectivity index (χ2v) is 8.22. The predicted octanol–water partition coefficient (Wildman–Crippen LogP) is 3.66. The third kappa shape index (κ3) is 3.45. The Morgan fingerprint density at radius 2 is 1.41 bits per heavy atom. The zero-order chi connectivity index (χ0) is 24.0. The van der Waals surface area contributed by atoms with E-state index in [-0.39, 0.29) is 17.0 Å². The first-order valence-electron chi connectivity index (χ1n) is 10.3. The number of ketones is 1. The summed E-state index contributed by atoms with van der Waals surface area (Å²) in [5, 5.41) is 15.4. The fourth-order valence-electron chi connectivity index (χ4n) is 4.15. The van der Waals surface area contributed by atoms with Crippen molar-refractivity contribution in [3.63, 3.8) is 0 Å². The number of carboxylic acid groups (broad SMARTS) is 1. The molecule has 2 amide bonds. The first-order valence-corrected chi connectivity index (χ1v) is 10.7. The number of carbonyl (C=O) groups is 4. The van der Waals surface area contributed by atoms with Gasteiger partial charge in [-0.2, -0.15) is 5.10 Å². The number of halogens is 1. The number of hydrogen-bond donors (Lipinski definition) is 1. The second kappa shape index (κ2) is 8.24. The van der Waals surface area contributed by atoms with Crippen molar-refractivity contribution in [3.8, 4) is 0 Å². The predicted molar refractivity (Wildman–Crippen MR) is 125 cm³/mol. The van der Waals surface area contributed by atoms with Crippen molar-refractivity contribution >= 4 is 52.3 Å². The molecule has 168 valence electrons. The SMILES string of the molecule is O=C(O)c1ccc(N2C(=O)[C@@H]3C(C(=O)c4ccc(Cl)cc4)=NN(c4ccccc4)[C@@H]3C2=O)cc1. The van der Waals surface area contributed by atoms with Gasteiger partial charge in [0.25, 0.3) is 5.91 Å². The van der Waals surface area contributed by atoms with Gasteiger partial charge in [-0.25, -0.2) is 9.69 Å². The summed E-state index contributed by atoms with van der Waals surface area (Å²) in [7, 11) is 0. The quantitative estimate of drug-likeness (QED) is 0.447. The van der Waals surface area contributed by atoms with E-state index in [9.17, 15) is 19.2 Å². The van der Waals surface area contributed by atoms with Crippen molar-refractivity contribution < 1.29 is 24.3 Å². The number of para-hydroxylation sites is 1. The van der Waals surface area contributed by atoms with Gasteiger partial charge in [0.15, 0.2) is 0 Å². The lowest BCUT2D eigenvalue weighted by Gasteiger charge is -2.22. The van der Waals surface area contributed by atoms with Crippen LogP contribution in [0.4, 0.5) is 11.4 Å². The Hall–Kier alpha value is -4.30. The molecule has 0 radical (unpaired) electrons. The van der Waals surface area contributed by atoms with E-state index in [4.69, 9.17) is 16.7 Å². The number of nitrogens with zero attached hydrogens (tertiary/aromatic N) is 3. The maximum absolute atomic E-state index is 13.5. The molecule has 0 aromatic heterocycles. The van der Waals surface area contributed by atoms with E-state index in [1.54, 1.807) is 42.5 Å². The van der Waals surface area contributed by atoms with Crippen LogP contribution in [0.1, 0.15) is 20.7 Å². The highest BCUT2D eigenvalue weighted by molar-refractivity contribution is 6.53. The number of aromatic carboxylic acids is 1. The van der Waals surface area contributed by atoms with Crippen molar-refractivity contribution in [3.05, 3.63) is 95.0 Å². The molecule has 2 atom stereocenters. The van der Waals surface area contributed by atoms with E-state index in [0.29, 0.717) is 16.3 Å². The van der Waals surface area contributed by atoms with Crippen molar-refractivity contribution in [1.82, 2.24) is 0 Å². The summed E-state index contributed by atoms with van der Waals surface area (Å²) >= 11 is 5.94. The molecule has 2 aliphatic heterocycles. The van der Waals surface area contributed by atoms with E-state index in [2.05, 4.69) is 5.10 Å². The van der Waals surface area contributed by atoms with Crippen LogP contribution in [0.5, 0.6) is 0 Å². The van der Waals surface area contributed by atoms with Crippen LogP contribution in [0.2, 0.25) is 5.02 Å². The molecule has 5 rings (SSSR count). The molecule has 34 heavy (non-hydrogen) atoms. The Balaban J connectivity index is 1.58. The van der Waals surface area contributed by atoms with Crippen LogP contribution in [0.15, 0.2) is 84.0 Å². The van der Waals surface area contributed by atoms with Crippen molar-refractivity contribution in [1.29, 1.82) is 0 Å². The van der Waals surface area contributed by atoms with Gasteiger partial charge in [0.2, 0.25) is 11.7 Å². The minimum atomic E-state index is -1.12. The standard InChI is InChI=1S/C25H16ClN3O5/c26-16-10-6-14(7-11-16)22(30)20-19-21(29(27-20)18-4-2-1-3-5-18)24(32)28(23(19)31)17-12-8-15(9-13-17)25(33)34/h1-13,19,21H,(H,33,34)/t19-,21+/m1/s1.